The Bertz CT molecular complexity index is 1130. The lowest BCUT2D eigenvalue weighted by Gasteiger charge is -2.09. The lowest BCUT2D eigenvalue weighted by Crippen LogP contribution is -1.96. The molecule has 1 N–H and O–H groups in total. The van der Waals surface area contributed by atoms with Crippen molar-refractivity contribution in [2.45, 2.75) is 13.3 Å². The van der Waals surface area contributed by atoms with E-state index in [2.05, 4.69) is 40.5 Å². The molecule has 0 saturated heterocycles. The Hall–Kier alpha value is -2.93. The quantitative estimate of drug-likeness (QED) is 0.594. The monoisotopic (exact) mass is 363 g/mol. The molecule has 5 rings (SSSR count). The van der Waals surface area contributed by atoms with E-state index in [4.69, 9.17) is 9.72 Å². The Balaban J connectivity index is 1.65. The van der Waals surface area contributed by atoms with Crippen LogP contribution in [0.1, 0.15) is 10.4 Å². The zero-order chi connectivity index (χ0) is 17.7. The zero-order valence-electron chi connectivity index (χ0n) is 14.5. The normalized spacial score (nSPS) is 13.0. The molecule has 0 radical (unpaired) electrons. The van der Waals surface area contributed by atoms with Gasteiger partial charge in [-0.25, -0.2) is 9.97 Å². The maximum atomic E-state index is 5.92. The van der Waals surface area contributed by atoms with Gasteiger partial charge in [0.15, 0.2) is 0 Å². The summed E-state index contributed by atoms with van der Waals surface area (Å²) in [5.74, 6) is 1.56. The highest BCUT2D eigenvalue weighted by atomic mass is 32.1. The Labute approximate surface area is 154 Å². The molecule has 0 aliphatic carbocycles. The van der Waals surface area contributed by atoms with Gasteiger partial charge in [0, 0.05) is 35.7 Å². The average Bonchev–Trinajstić information content (AvgIpc) is 3.33. The molecular formula is C19H17N5OS. The highest BCUT2D eigenvalue weighted by Crippen LogP contribution is 2.44. The first kappa shape index (κ1) is 15.3. The van der Waals surface area contributed by atoms with Crippen molar-refractivity contribution in [3.05, 3.63) is 47.2 Å². The Morgan fingerprint density at radius 3 is 3.04 bits per heavy atom. The van der Waals surface area contributed by atoms with Crippen molar-refractivity contribution in [2.24, 2.45) is 7.05 Å². The molecule has 130 valence electrons. The number of hydrogen-bond acceptors (Lipinski definition) is 6. The summed E-state index contributed by atoms with van der Waals surface area (Å²) in [6.45, 7) is 2.88. The SMILES string of the molecule is Cc1sc2cnc(Nc3cnn(C)c3)nc2c1-c1cccc2c1OCC2. The van der Waals surface area contributed by atoms with Gasteiger partial charge in [-0.15, -0.1) is 11.3 Å². The minimum absolute atomic E-state index is 0.568. The topological polar surface area (TPSA) is 64.9 Å². The van der Waals surface area contributed by atoms with E-state index in [1.807, 2.05) is 19.4 Å². The highest BCUT2D eigenvalue weighted by molar-refractivity contribution is 7.19. The van der Waals surface area contributed by atoms with E-state index in [9.17, 15) is 0 Å². The molecule has 0 saturated carbocycles. The number of anilines is 2. The van der Waals surface area contributed by atoms with Crippen molar-refractivity contribution < 1.29 is 4.74 Å². The lowest BCUT2D eigenvalue weighted by molar-refractivity contribution is 0.358. The van der Waals surface area contributed by atoms with E-state index in [-0.39, 0.29) is 0 Å². The molecule has 0 fully saturated rings. The van der Waals surface area contributed by atoms with E-state index in [1.54, 1.807) is 22.2 Å². The maximum absolute atomic E-state index is 5.92. The first-order valence-corrected chi connectivity index (χ1v) is 9.27. The summed E-state index contributed by atoms with van der Waals surface area (Å²) in [7, 11) is 1.88. The third kappa shape index (κ3) is 2.43. The first-order chi connectivity index (χ1) is 12.7. The van der Waals surface area contributed by atoms with E-state index in [0.29, 0.717) is 5.95 Å². The summed E-state index contributed by atoms with van der Waals surface area (Å²) >= 11 is 1.71. The molecule has 26 heavy (non-hydrogen) atoms. The number of benzene rings is 1. The second-order valence-corrected chi connectivity index (χ2v) is 7.62. The van der Waals surface area contributed by atoms with Crippen molar-refractivity contribution >= 4 is 33.2 Å². The van der Waals surface area contributed by atoms with Crippen LogP contribution in [-0.2, 0) is 13.5 Å². The molecule has 7 heteroatoms. The van der Waals surface area contributed by atoms with Crippen LogP contribution in [0.25, 0.3) is 21.3 Å². The molecule has 4 heterocycles. The third-order valence-corrected chi connectivity index (χ3v) is 5.58. The van der Waals surface area contributed by atoms with Crippen LogP contribution < -0.4 is 10.1 Å². The standard InChI is InChI=1S/C19H17N5OS/c1-11-16(14-5-3-4-12-6-7-25-18(12)14)17-15(26-11)9-20-19(23-17)22-13-8-21-24(2)10-13/h3-5,8-10H,6-7H2,1-2H3,(H,20,22,23). The van der Waals surface area contributed by atoms with E-state index < -0.39 is 0 Å². The molecule has 6 nitrogen and oxygen atoms in total. The Kier molecular flexibility index (Phi) is 3.43. The number of aryl methyl sites for hydroxylation is 2. The number of hydrogen-bond donors (Lipinski definition) is 1. The van der Waals surface area contributed by atoms with Gasteiger partial charge < -0.3 is 10.1 Å². The van der Waals surface area contributed by atoms with Crippen molar-refractivity contribution in [3.63, 3.8) is 0 Å². The molecule has 1 aliphatic rings. The molecule has 3 aromatic heterocycles. The fraction of sp³-hybridized carbons (Fsp3) is 0.211. The summed E-state index contributed by atoms with van der Waals surface area (Å²) in [5.41, 5.74) is 5.35. The number of ether oxygens (including phenoxy) is 1. The van der Waals surface area contributed by atoms with Gasteiger partial charge in [-0.2, -0.15) is 5.10 Å². The molecule has 4 aromatic rings. The van der Waals surface area contributed by atoms with Gasteiger partial charge >= 0.3 is 0 Å². The largest absolute Gasteiger partial charge is 0.492 e. The van der Waals surface area contributed by atoms with Crippen LogP contribution in [0.3, 0.4) is 0 Å². The number of rotatable bonds is 3. The number of para-hydroxylation sites is 1. The van der Waals surface area contributed by atoms with Gasteiger partial charge in [-0.1, -0.05) is 18.2 Å². The summed E-state index contributed by atoms with van der Waals surface area (Å²) in [4.78, 5) is 10.5. The minimum Gasteiger partial charge on any atom is -0.492 e. The van der Waals surface area contributed by atoms with Crippen LogP contribution in [0.5, 0.6) is 5.75 Å². The first-order valence-electron chi connectivity index (χ1n) is 8.46. The number of nitrogens with zero attached hydrogens (tertiary/aromatic N) is 4. The zero-order valence-corrected chi connectivity index (χ0v) is 15.3. The number of aromatic nitrogens is 4. The van der Waals surface area contributed by atoms with Crippen molar-refractivity contribution in [3.8, 4) is 16.9 Å². The average molecular weight is 363 g/mol. The predicted octanol–water partition coefficient (Wildman–Crippen LogP) is 4.08. The van der Waals surface area contributed by atoms with Crippen LogP contribution in [-0.4, -0.2) is 26.4 Å². The number of nitrogens with one attached hydrogen (secondary N) is 1. The number of thiophene rings is 1. The van der Waals surface area contributed by atoms with Crippen LogP contribution in [0.15, 0.2) is 36.8 Å². The van der Waals surface area contributed by atoms with Crippen LogP contribution in [0, 0.1) is 6.92 Å². The minimum atomic E-state index is 0.568. The maximum Gasteiger partial charge on any atom is 0.227 e. The third-order valence-electron chi connectivity index (χ3n) is 4.55. The molecule has 1 aromatic carbocycles. The summed E-state index contributed by atoms with van der Waals surface area (Å²) in [5, 5.41) is 7.39. The molecule has 0 unspecified atom stereocenters. The molecule has 1 aliphatic heterocycles. The summed E-state index contributed by atoms with van der Waals surface area (Å²) in [6.07, 6.45) is 6.50. The molecule has 0 amide bonds. The van der Waals surface area contributed by atoms with Crippen molar-refractivity contribution in [1.82, 2.24) is 19.7 Å². The van der Waals surface area contributed by atoms with E-state index >= 15 is 0 Å². The fourth-order valence-electron chi connectivity index (χ4n) is 3.41. The number of fused-ring (bicyclic) bond motifs is 2. The lowest BCUT2D eigenvalue weighted by atomic mass is 10.0. The smallest absolute Gasteiger partial charge is 0.227 e. The van der Waals surface area contributed by atoms with Crippen molar-refractivity contribution in [1.29, 1.82) is 0 Å². The molecule has 0 atom stereocenters. The Morgan fingerprint density at radius 1 is 1.27 bits per heavy atom. The van der Waals surface area contributed by atoms with Crippen LogP contribution >= 0.6 is 11.3 Å². The highest BCUT2D eigenvalue weighted by Gasteiger charge is 2.22. The van der Waals surface area contributed by atoms with E-state index in [1.165, 1.54) is 10.4 Å². The van der Waals surface area contributed by atoms with Crippen LogP contribution in [0.2, 0.25) is 0 Å². The molecule has 0 bridgehead atoms. The fourth-order valence-corrected chi connectivity index (χ4v) is 4.40. The van der Waals surface area contributed by atoms with Gasteiger partial charge in [0.25, 0.3) is 0 Å². The second-order valence-electron chi connectivity index (χ2n) is 6.36. The van der Waals surface area contributed by atoms with Gasteiger partial charge in [0.1, 0.15) is 5.75 Å². The summed E-state index contributed by atoms with van der Waals surface area (Å²) in [6, 6.07) is 6.36. The molecular weight excluding hydrogens is 346 g/mol. The Morgan fingerprint density at radius 2 is 2.19 bits per heavy atom. The van der Waals surface area contributed by atoms with Gasteiger partial charge in [-0.05, 0) is 12.5 Å². The van der Waals surface area contributed by atoms with Gasteiger partial charge in [-0.3, -0.25) is 4.68 Å². The predicted molar refractivity (Wildman–Crippen MR) is 103 cm³/mol. The van der Waals surface area contributed by atoms with Crippen LogP contribution in [0.4, 0.5) is 11.6 Å². The summed E-state index contributed by atoms with van der Waals surface area (Å²) < 4.78 is 8.74. The molecule has 0 spiro atoms. The second kappa shape index (κ2) is 5.81. The van der Waals surface area contributed by atoms with Gasteiger partial charge in [0.05, 0.1) is 34.9 Å². The van der Waals surface area contributed by atoms with E-state index in [0.717, 1.165) is 45.8 Å². The van der Waals surface area contributed by atoms with Crippen molar-refractivity contribution in [2.75, 3.05) is 11.9 Å². The van der Waals surface area contributed by atoms with Gasteiger partial charge in [0.2, 0.25) is 5.95 Å².